The Bertz CT molecular complexity index is 594. The Morgan fingerprint density at radius 1 is 1.05 bits per heavy atom. The first-order valence-electron chi connectivity index (χ1n) is 5.81. The number of nitrogens with one attached hydrogen (secondary N) is 1. The minimum atomic E-state index is -4.40. The van der Waals surface area contributed by atoms with Crippen molar-refractivity contribution < 1.29 is 13.2 Å². The average Bonchev–Trinajstić information content (AvgIpc) is 2.38. The van der Waals surface area contributed by atoms with Gasteiger partial charge in [0.25, 0.3) is 0 Å². The molecule has 2 rings (SSSR count). The lowest BCUT2D eigenvalue weighted by Gasteiger charge is -2.15. The second-order valence-electron chi connectivity index (χ2n) is 4.28. The first kappa shape index (κ1) is 14.7. The van der Waals surface area contributed by atoms with E-state index >= 15 is 0 Å². The number of hydrogen-bond donors (Lipinski definition) is 2. The second kappa shape index (κ2) is 5.75. The molecule has 0 atom stereocenters. The molecule has 0 amide bonds. The van der Waals surface area contributed by atoms with Crippen LogP contribution in [0.1, 0.15) is 11.1 Å². The maximum absolute atomic E-state index is 12.9. The van der Waals surface area contributed by atoms with Gasteiger partial charge >= 0.3 is 6.18 Å². The molecule has 20 heavy (non-hydrogen) atoms. The van der Waals surface area contributed by atoms with Crippen LogP contribution in [0.5, 0.6) is 0 Å². The van der Waals surface area contributed by atoms with E-state index in [4.69, 9.17) is 5.73 Å². The van der Waals surface area contributed by atoms with E-state index in [1.54, 1.807) is 30.3 Å². The summed E-state index contributed by atoms with van der Waals surface area (Å²) in [6.45, 7) is 0.297. The summed E-state index contributed by atoms with van der Waals surface area (Å²) in [7, 11) is 0. The van der Waals surface area contributed by atoms with Crippen molar-refractivity contribution >= 4 is 27.3 Å². The highest BCUT2D eigenvalue weighted by Gasteiger charge is 2.33. The van der Waals surface area contributed by atoms with Gasteiger partial charge in [-0.1, -0.05) is 28.1 Å². The van der Waals surface area contributed by atoms with E-state index in [0.717, 1.165) is 11.6 Å². The van der Waals surface area contributed by atoms with Crippen LogP contribution in [0.15, 0.2) is 46.9 Å². The minimum absolute atomic E-state index is 0.0533. The summed E-state index contributed by atoms with van der Waals surface area (Å²) < 4.78 is 39.2. The normalized spacial score (nSPS) is 11.4. The third-order valence-electron chi connectivity index (χ3n) is 2.75. The van der Waals surface area contributed by atoms with Gasteiger partial charge in [-0.05, 0) is 35.9 Å². The Labute approximate surface area is 122 Å². The summed E-state index contributed by atoms with van der Waals surface area (Å²) in [4.78, 5) is 0. The topological polar surface area (TPSA) is 38.0 Å². The molecule has 0 spiro atoms. The highest BCUT2D eigenvalue weighted by molar-refractivity contribution is 9.10. The number of anilines is 2. The Kier molecular flexibility index (Phi) is 4.23. The Balaban J connectivity index is 2.19. The van der Waals surface area contributed by atoms with Crippen LogP contribution in [0.4, 0.5) is 24.5 Å². The average molecular weight is 345 g/mol. The molecular formula is C14H12BrF3N2. The van der Waals surface area contributed by atoms with Crippen LogP contribution in [0.3, 0.4) is 0 Å². The van der Waals surface area contributed by atoms with Crippen LogP contribution in [0, 0.1) is 0 Å². The van der Waals surface area contributed by atoms with Gasteiger partial charge in [0.15, 0.2) is 0 Å². The lowest BCUT2D eigenvalue weighted by molar-refractivity contribution is -0.137. The molecule has 0 aliphatic carbocycles. The lowest BCUT2D eigenvalue weighted by Crippen LogP contribution is -2.10. The number of hydrogen-bond acceptors (Lipinski definition) is 2. The van der Waals surface area contributed by atoms with Gasteiger partial charge in [-0.3, -0.25) is 0 Å². The molecule has 0 aliphatic heterocycles. The van der Waals surface area contributed by atoms with Crippen molar-refractivity contribution in [2.75, 3.05) is 11.1 Å². The van der Waals surface area contributed by atoms with Gasteiger partial charge in [0, 0.05) is 22.4 Å². The summed E-state index contributed by atoms with van der Waals surface area (Å²) in [5.41, 5.74) is 6.39. The smallest absolute Gasteiger partial charge is 0.399 e. The van der Waals surface area contributed by atoms with E-state index in [1.165, 1.54) is 6.07 Å². The fraction of sp³-hybridized carbons (Fsp3) is 0.143. The van der Waals surface area contributed by atoms with Gasteiger partial charge < -0.3 is 11.1 Å². The molecule has 6 heteroatoms. The van der Waals surface area contributed by atoms with Crippen molar-refractivity contribution in [1.82, 2.24) is 0 Å². The molecule has 0 saturated heterocycles. The molecule has 0 aliphatic rings. The summed E-state index contributed by atoms with van der Waals surface area (Å²) in [5.74, 6) is 0. The van der Waals surface area contributed by atoms with Crippen molar-refractivity contribution in [3.63, 3.8) is 0 Å². The quantitative estimate of drug-likeness (QED) is 0.794. The summed E-state index contributed by atoms with van der Waals surface area (Å²) >= 11 is 3.05. The molecule has 0 aromatic heterocycles. The fourth-order valence-electron chi connectivity index (χ4n) is 1.74. The molecule has 2 nitrogen and oxygen atoms in total. The summed E-state index contributed by atoms with van der Waals surface area (Å²) in [6, 6.07) is 11.0. The van der Waals surface area contributed by atoms with Crippen LogP contribution >= 0.6 is 15.9 Å². The van der Waals surface area contributed by atoms with Gasteiger partial charge in [0.05, 0.1) is 5.56 Å². The zero-order chi connectivity index (χ0) is 14.8. The van der Waals surface area contributed by atoms with E-state index in [2.05, 4.69) is 21.2 Å². The lowest BCUT2D eigenvalue weighted by atomic mass is 10.1. The third kappa shape index (κ3) is 3.66. The van der Waals surface area contributed by atoms with Crippen LogP contribution in [0.25, 0.3) is 0 Å². The van der Waals surface area contributed by atoms with E-state index in [1.807, 2.05) is 0 Å². The van der Waals surface area contributed by atoms with Crippen molar-refractivity contribution in [3.8, 4) is 0 Å². The van der Waals surface area contributed by atoms with Gasteiger partial charge in [0.1, 0.15) is 0 Å². The minimum Gasteiger partial charge on any atom is -0.399 e. The maximum atomic E-state index is 12.9. The molecule has 0 saturated carbocycles. The van der Waals surface area contributed by atoms with Crippen LogP contribution < -0.4 is 11.1 Å². The highest BCUT2D eigenvalue weighted by atomic mass is 79.9. The highest BCUT2D eigenvalue weighted by Crippen LogP contribution is 2.36. The summed E-state index contributed by atoms with van der Waals surface area (Å²) in [6.07, 6.45) is -4.40. The van der Waals surface area contributed by atoms with Crippen LogP contribution in [-0.2, 0) is 12.7 Å². The van der Waals surface area contributed by atoms with E-state index < -0.39 is 11.7 Å². The van der Waals surface area contributed by atoms with Crippen molar-refractivity contribution in [2.24, 2.45) is 0 Å². The maximum Gasteiger partial charge on any atom is 0.418 e. The third-order valence-corrected chi connectivity index (χ3v) is 3.24. The molecule has 2 aromatic carbocycles. The largest absolute Gasteiger partial charge is 0.418 e. The van der Waals surface area contributed by atoms with Crippen LogP contribution in [-0.4, -0.2) is 0 Å². The SMILES string of the molecule is Nc1ccc(CNc2ccc(Br)cc2C(F)(F)F)cc1. The Morgan fingerprint density at radius 3 is 2.30 bits per heavy atom. The number of nitrogens with two attached hydrogens (primary N) is 1. The predicted molar refractivity (Wildman–Crippen MR) is 77.3 cm³/mol. The second-order valence-corrected chi connectivity index (χ2v) is 5.20. The predicted octanol–water partition coefficient (Wildman–Crippen LogP) is 4.66. The molecule has 3 N–H and O–H groups in total. The molecule has 0 radical (unpaired) electrons. The zero-order valence-corrected chi connectivity index (χ0v) is 11.9. The van der Waals surface area contributed by atoms with Crippen LogP contribution in [0.2, 0.25) is 0 Å². The molecule has 0 bridgehead atoms. The van der Waals surface area contributed by atoms with E-state index in [-0.39, 0.29) is 5.69 Å². The van der Waals surface area contributed by atoms with Crippen molar-refractivity contribution in [1.29, 1.82) is 0 Å². The molecule has 2 aromatic rings. The number of alkyl halides is 3. The molecular weight excluding hydrogens is 333 g/mol. The monoisotopic (exact) mass is 344 g/mol. The van der Waals surface area contributed by atoms with E-state index in [9.17, 15) is 13.2 Å². The van der Waals surface area contributed by atoms with Gasteiger partial charge in [-0.2, -0.15) is 13.2 Å². The molecule has 0 unspecified atom stereocenters. The summed E-state index contributed by atoms with van der Waals surface area (Å²) in [5, 5.41) is 2.80. The van der Waals surface area contributed by atoms with Gasteiger partial charge in [0.2, 0.25) is 0 Å². The molecule has 106 valence electrons. The standard InChI is InChI=1S/C14H12BrF3N2/c15-10-3-6-13(12(7-10)14(16,17)18)20-8-9-1-4-11(19)5-2-9/h1-7,20H,8,19H2. The van der Waals surface area contributed by atoms with E-state index in [0.29, 0.717) is 16.7 Å². The first-order valence-corrected chi connectivity index (χ1v) is 6.60. The number of nitrogen functional groups attached to an aromatic ring is 1. The number of benzene rings is 2. The Hall–Kier alpha value is -1.69. The van der Waals surface area contributed by atoms with Crippen molar-refractivity contribution in [3.05, 3.63) is 58.1 Å². The van der Waals surface area contributed by atoms with Gasteiger partial charge in [-0.25, -0.2) is 0 Å². The van der Waals surface area contributed by atoms with Crippen molar-refractivity contribution in [2.45, 2.75) is 12.7 Å². The number of halogens is 4. The number of rotatable bonds is 3. The molecule has 0 fully saturated rings. The Morgan fingerprint density at radius 2 is 1.70 bits per heavy atom. The van der Waals surface area contributed by atoms with Gasteiger partial charge in [-0.15, -0.1) is 0 Å². The first-order chi connectivity index (χ1) is 9.36. The zero-order valence-electron chi connectivity index (χ0n) is 10.3. The fourth-order valence-corrected chi connectivity index (χ4v) is 2.10. The molecule has 0 heterocycles.